The van der Waals surface area contributed by atoms with Gasteiger partial charge in [0.2, 0.25) is 0 Å². The number of carbonyl (C=O) groups is 2. The first-order valence-corrected chi connectivity index (χ1v) is 6.49. The Balaban J connectivity index is 2.22. The third-order valence-corrected chi connectivity index (χ3v) is 3.12. The number of benzene rings is 2. The van der Waals surface area contributed by atoms with Crippen molar-refractivity contribution < 1.29 is 19.1 Å². The molecule has 0 radical (unpaired) electrons. The topological polar surface area (TPSA) is 52.6 Å². The van der Waals surface area contributed by atoms with Crippen LogP contribution < -0.4 is 9.47 Å². The average molecular weight is 284 g/mol. The number of ketones is 2. The molecule has 2 aromatic carbocycles. The first-order valence-electron chi connectivity index (χ1n) is 6.49. The third-order valence-electron chi connectivity index (χ3n) is 3.12. The van der Waals surface area contributed by atoms with Crippen molar-refractivity contribution in [3.8, 4) is 11.5 Å². The molecule has 0 aromatic heterocycles. The molecule has 0 saturated heterocycles. The fraction of sp³-hybridized carbons (Fsp3) is 0.176. The van der Waals surface area contributed by atoms with Crippen molar-refractivity contribution in [1.29, 1.82) is 0 Å². The molecule has 0 heterocycles. The van der Waals surface area contributed by atoms with Gasteiger partial charge in [0.25, 0.3) is 0 Å². The van der Waals surface area contributed by atoms with E-state index in [4.69, 9.17) is 9.47 Å². The van der Waals surface area contributed by atoms with Crippen LogP contribution in [0.15, 0.2) is 48.5 Å². The van der Waals surface area contributed by atoms with Crippen molar-refractivity contribution in [3.63, 3.8) is 0 Å². The summed E-state index contributed by atoms with van der Waals surface area (Å²) >= 11 is 0. The van der Waals surface area contributed by atoms with Crippen molar-refractivity contribution in [3.05, 3.63) is 59.7 Å². The van der Waals surface area contributed by atoms with Crippen LogP contribution in [0.4, 0.5) is 0 Å². The summed E-state index contributed by atoms with van der Waals surface area (Å²) in [4.78, 5) is 24.4. The molecule has 0 N–H and O–H groups in total. The van der Waals surface area contributed by atoms with Gasteiger partial charge in [0.15, 0.2) is 11.6 Å². The molecular formula is C17H16O4. The minimum Gasteiger partial charge on any atom is -0.497 e. The molecule has 0 bridgehead atoms. The summed E-state index contributed by atoms with van der Waals surface area (Å²) in [5, 5.41) is 0. The Kier molecular flexibility index (Phi) is 4.72. The molecule has 0 fully saturated rings. The van der Waals surface area contributed by atoms with E-state index in [-0.39, 0.29) is 18.0 Å². The van der Waals surface area contributed by atoms with Crippen LogP contribution in [0, 0.1) is 0 Å². The van der Waals surface area contributed by atoms with Gasteiger partial charge in [-0.15, -0.1) is 0 Å². The molecule has 0 spiro atoms. The predicted molar refractivity (Wildman–Crippen MR) is 79.3 cm³/mol. The molecule has 0 aliphatic heterocycles. The van der Waals surface area contributed by atoms with E-state index in [1.165, 1.54) is 14.2 Å². The van der Waals surface area contributed by atoms with Gasteiger partial charge in [-0.05, 0) is 18.2 Å². The lowest BCUT2D eigenvalue weighted by Crippen LogP contribution is -2.10. The first kappa shape index (κ1) is 14.8. The van der Waals surface area contributed by atoms with Gasteiger partial charge in [0, 0.05) is 5.56 Å². The highest BCUT2D eigenvalue weighted by molar-refractivity contribution is 6.14. The van der Waals surface area contributed by atoms with Gasteiger partial charge in [0.05, 0.1) is 26.2 Å². The van der Waals surface area contributed by atoms with Gasteiger partial charge < -0.3 is 9.47 Å². The average Bonchev–Trinajstić information content (AvgIpc) is 2.54. The Hall–Kier alpha value is -2.62. The fourth-order valence-electron chi connectivity index (χ4n) is 2.00. The van der Waals surface area contributed by atoms with Crippen LogP contribution in [0.3, 0.4) is 0 Å². The maximum Gasteiger partial charge on any atom is 0.174 e. The molecule has 0 unspecified atom stereocenters. The standard InChI is InChI=1S/C17H16O4/c1-20-13-8-9-17(21-2)14(10-13)16(19)11-15(18)12-6-4-3-5-7-12/h3-10H,11H2,1-2H3. The number of hydrogen-bond acceptors (Lipinski definition) is 4. The van der Waals surface area contributed by atoms with Crippen molar-refractivity contribution in [2.24, 2.45) is 0 Å². The van der Waals surface area contributed by atoms with Crippen molar-refractivity contribution in [2.75, 3.05) is 14.2 Å². The third kappa shape index (κ3) is 3.48. The van der Waals surface area contributed by atoms with Gasteiger partial charge >= 0.3 is 0 Å². The number of Topliss-reactive ketones (excluding diaryl/α,β-unsaturated/α-hetero) is 2. The molecule has 2 aromatic rings. The maximum atomic E-state index is 12.3. The van der Waals surface area contributed by atoms with Crippen molar-refractivity contribution in [2.45, 2.75) is 6.42 Å². The van der Waals surface area contributed by atoms with E-state index in [9.17, 15) is 9.59 Å². The highest BCUT2D eigenvalue weighted by atomic mass is 16.5. The smallest absolute Gasteiger partial charge is 0.174 e. The number of methoxy groups -OCH3 is 2. The summed E-state index contributed by atoms with van der Waals surface area (Å²) in [6, 6.07) is 13.7. The summed E-state index contributed by atoms with van der Waals surface area (Å²) in [6.45, 7) is 0. The number of hydrogen-bond donors (Lipinski definition) is 0. The molecule has 0 aliphatic carbocycles. The molecule has 21 heavy (non-hydrogen) atoms. The van der Waals surface area contributed by atoms with Gasteiger partial charge in [0.1, 0.15) is 11.5 Å². The monoisotopic (exact) mass is 284 g/mol. The lowest BCUT2D eigenvalue weighted by Gasteiger charge is -2.09. The molecule has 2 rings (SSSR count). The predicted octanol–water partition coefficient (Wildman–Crippen LogP) is 3.16. The summed E-state index contributed by atoms with van der Waals surface area (Å²) in [6.07, 6.45) is -0.201. The molecule has 4 nitrogen and oxygen atoms in total. The Bertz CT molecular complexity index is 647. The van der Waals surface area contributed by atoms with Crippen LogP contribution in [-0.4, -0.2) is 25.8 Å². The van der Waals surface area contributed by atoms with E-state index in [2.05, 4.69) is 0 Å². The molecular weight excluding hydrogens is 268 g/mol. The Morgan fingerprint density at radius 1 is 0.905 bits per heavy atom. The zero-order valence-electron chi connectivity index (χ0n) is 12.0. The lowest BCUT2D eigenvalue weighted by molar-refractivity contribution is 0.0892. The molecule has 0 aliphatic rings. The van der Waals surface area contributed by atoms with Gasteiger partial charge in [-0.1, -0.05) is 30.3 Å². The van der Waals surface area contributed by atoms with Crippen LogP contribution in [0.5, 0.6) is 11.5 Å². The zero-order chi connectivity index (χ0) is 15.2. The van der Waals surface area contributed by atoms with E-state index < -0.39 is 0 Å². The second kappa shape index (κ2) is 6.70. The molecule has 0 atom stereocenters. The maximum absolute atomic E-state index is 12.3. The number of rotatable bonds is 6. The quantitative estimate of drug-likeness (QED) is 0.604. The van der Waals surface area contributed by atoms with Gasteiger partial charge in [-0.3, -0.25) is 9.59 Å². The summed E-state index contributed by atoms with van der Waals surface area (Å²) < 4.78 is 10.3. The van der Waals surface area contributed by atoms with Crippen LogP contribution in [0.2, 0.25) is 0 Å². The van der Waals surface area contributed by atoms with E-state index in [0.29, 0.717) is 22.6 Å². The summed E-state index contributed by atoms with van der Waals surface area (Å²) in [5.74, 6) is 0.470. The first-order chi connectivity index (χ1) is 10.2. The zero-order valence-corrected chi connectivity index (χ0v) is 12.0. The summed E-state index contributed by atoms with van der Waals surface area (Å²) in [7, 11) is 3.00. The molecule has 4 heteroatoms. The highest BCUT2D eigenvalue weighted by Crippen LogP contribution is 2.25. The van der Waals surface area contributed by atoms with Crippen molar-refractivity contribution >= 4 is 11.6 Å². The van der Waals surface area contributed by atoms with Crippen LogP contribution >= 0.6 is 0 Å². The number of ether oxygens (including phenoxy) is 2. The summed E-state index contributed by atoms with van der Waals surface area (Å²) in [5.41, 5.74) is 0.869. The molecule has 0 saturated carbocycles. The SMILES string of the molecule is COc1ccc(OC)c(C(=O)CC(=O)c2ccccc2)c1. The van der Waals surface area contributed by atoms with E-state index >= 15 is 0 Å². The van der Waals surface area contributed by atoms with Gasteiger partial charge in [-0.25, -0.2) is 0 Å². The Morgan fingerprint density at radius 2 is 1.62 bits per heavy atom. The largest absolute Gasteiger partial charge is 0.497 e. The molecule has 0 amide bonds. The van der Waals surface area contributed by atoms with E-state index in [1.54, 1.807) is 42.5 Å². The number of carbonyl (C=O) groups excluding carboxylic acids is 2. The second-order valence-corrected chi connectivity index (χ2v) is 4.46. The molecule has 108 valence electrons. The van der Waals surface area contributed by atoms with Crippen LogP contribution in [0.25, 0.3) is 0 Å². The van der Waals surface area contributed by atoms with Crippen molar-refractivity contribution in [1.82, 2.24) is 0 Å². The minimum atomic E-state index is -0.292. The Labute approximate surface area is 123 Å². The lowest BCUT2D eigenvalue weighted by atomic mass is 10.0. The van der Waals surface area contributed by atoms with E-state index in [0.717, 1.165) is 0 Å². The Morgan fingerprint density at radius 3 is 2.24 bits per heavy atom. The second-order valence-electron chi connectivity index (χ2n) is 4.46. The van der Waals surface area contributed by atoms with Gasteiger partial charge in [-0.2, -0.15) is 0 Å². The minimum absolute atomic E-state index is 0.201. The highest BCUT2D eigenvalue weighted by Gasteiger charge is 2.18. The van der Waals surface area contributed by atoms with E-state index in [1.807, 2.05) is 6.07 Å². The van der Waals surface area contributed by atoms with Crippen LogP contribution in [-0.2, 0) is 0 Å². The fourth-order valence-corrected chi connectivity index (χ4v) is 2.00. The normalized spacial score (nSPS) is 10.0. The van der Waals surface area contributed by atoms with Crippen LogP contribution in [0.1, 0.15) is 27.1 Å².